The van der Waals surface area contributed by atoms with Gasteiger partial charge in [0.15, 0.2) is 0 Å². The number of rotatable bonds is 8. The van der Waals surface area contributed by atoms with Crippen LogP contribution in [0.2, 0.25) is 0 Å². The Morgan fingerprint density at radius 3 is 2.53 bits per heavy atom. The van der Waals surface area contributed by atoms with E-state index in [4.69, 9.17) is 9.15 Å². The monoisotopic (exact) mass is 482 g/mol. The number of anilines is 1. The third kappa shape index (κ3) is 5.94. The van der Waals surface area contributed by atoms with E-state index in [0.717, 1.165) is 17.7 Å². The molecule has 2 heterocycles. The van der Waals surface area contributed by atoms with Gasteiger partial charge in [-0.05, 0) is 66.3 Å². The number of carbonyl (C=O) groups excluding carboxylic acids is 1. The molecule has 0 bridgehead atoms. The van der Waals surface area contributed by atoms with Gasteiger partial charge in [0.25, 0.3) is 5.91 Å². The number of carbonyl (C=O) groups is 1. The summed E-state index contributed by atoms with van der Waals surface area (Å²) in [6, 6.07) is 17.2. The topological polar surface area (TPSA) is 88.9 Å². The Balaban J connectivity index is 1.42. The van der Waals surface area contributed by atoms with Gasteiger partial charge in [0.2, 0.25) is 10.0 Å². The molecule has 2 atom stereocenters. The summed E-state index contributed by atoms with van der Waals surface area (Å²) in [4.78, 5) is 13.0. The average Bonchev–Trinajstić information content (AvgIpc) is 3.32. The van der Waals surface area contributed by atoms with Crippen LogP contribution in [0, 0.1) is 11.8 Å². The molecule has 1 aliphatic heterocycles. The summed E-state index contributed by atoms with van der Waals surface area (Å²) in [6.45, 7) is 5.86. The first-order chi connectivity index (χ1) is 16.3. The van der Waals surface area contributed by atoms with E-state index in [9.17, 15) is 13.2 Å². The van der Waals surface area contributed by atoms with Crippen molar-refractivity contribution < 1.29 is 22.4 Å². The Hall–Kier alpha value is -2.94. The van der Waals surface area contributed by atoms with Crippen molar-refractivity contribution in [1.82, 2.24) is 4.31 Å². The molecule has 1 saturated heterocycles. The van der Waals surface area contributed by atoms with Gasteiger partial charge in [-0.1, -0.05) is 32.0 Å². The van der Waals surface area contributed by atoms with Crippen LogP contribution in [0.3, 0.4) is 0 Å². The fourth-order valence-corrected chi connectivity index (χ4v) is 6.08. The summed E-state index contributed by atoms with van der Waals surface area (Å²) >= 11 is 0. The summed E-state index contributed by atoms with van der Waals surface area (Å²) in [5.74, 6) is 0.986. The summed E-state index contributed by atoms with van der Waals surface area (Å²) < 4.78 is 38.9. The molecule has 0 aliphatic carbocycles. The second kappa shape index (κ2) is 10.5. The number of nitrogens with zero attached hydrogens (tertiary/aromatic N) is 1. The van der Waals surface area contributed by atoms with Gasteiger partial charge in [-0.2, -0.15) is 4.31 Å². The lowest BCUT2D eigenvalue weighted by Gasteiger charge is -2.34. The molecule has 1 amide bonds. The molecule has 180 valence electrons. The van der Waals surface area contributed by atoms with Crippen LogP contribution in [0.25, 0.3) is 0 Å². The molecule has 0 saturated carbocycles. The van der Waals surface area contributed by atoms with Crippen LogP contribution < -0.4 is 5.32 Å². The SMILES string of the molecule is CC1CC(C)CN(S(=O)(=O)c2cccc(C(=O)Nc3cccc(COCc4ccco4)c3)c2)C1. The molecule has 34 heavy (non-hydrogen) atoms. The molecule has 1 fully saturated rings. The fraction of sp³-hybridized carbons (Fsp3) is 0.346. The standard InChI is InChI=1S/C26H30N2O5S/c1-19-12-20(2)16-28(15-19)34(30,31)25-10-4-7-22(14-25)26(29)27-23-8-3-6-21(13-23)17-32-18-24-9-5-11-33-24/h3-11,13-14,19-20H,12,15-18H2,1-2H3,(H,27,29). The molecule has 2 aromatic carbocycles. The minimum absolute atomic E-state index is 0.140. The van der Waals surface area contributed by atoms with Crippen LogP contribution in [-0.4, -0.2) is 31.7 Å². The van der Waals surface area contributed by atoms with Crippen LogP contribution in [0.5, 0.6) is 0 Å². The van der Waals surface area contributed by atoms with Crippen molar-refractivity contribution in [3.05, 3.63) is 83.8 Å². The molecule has 2 unspecified atom stereocenters. The molecule has 1 N–H and O–H groups in total. The Labute approximate surface area is 200 Å². The Kier molecular flexibility index (Phi) is 7.50. The lowest BCUT2D eigenvalue weighted by molar-refractivity contribution is 0.0929. The van der Waals surface area contributed by atoms with Crippen molar-refractivity contribution in [1.29, 1.82) is 0 Å². The maximum absolute atomic E-state index is 13.2. The second-order valence-electron chi connectivity index (χ2n) is 9.02. The molecule has 4 rings (SSSR count). The van der Waals surface area contributed by atoms with Gasteiger partial charge in [-0.25, -0.2) is 8.42 Å². The molecule has 0 radical (unpaired) electrons. The fourth-order valence-electron chi connectivity index (χ4n) is 4.36. The zero-order valence-electron chi connectivity index (χ0n) is 19.4. The normalized spacial score (nSPS) is 19.1. The van der Waals surface area contributed by atoms with Gasteiger partial charge < -0.3 is 14.5 Å². The van der Waals surface area contributed by atoms with Crippen LogP contribution in [0.4, 0.5) is 5.69 Å². The number of hydrogen-bond acceptors (Lipinski definition) is 5. The Bertz CT molecular complexity index is 1210. The number of ether oxygens (including phenoxy) is 1. The lowest BCUT2D eigenvalue weighted by Crippen LogP contribution is -2.42. The molecule has 8 heteroatoms. The van der Waals surface area contributed by atoms with E-state index in [1.54, 1.807) is 30.5 Å². The number of nitrogens with one attached hydrogen (secondary N) is 1. The van der Waals surface area contributed by atoms with Crippen molar-refractivity contribution in [3.63, 3.8) is 0 Å². The van der Waals surface area contributed by atoms with Gasteiger partial charge in [-0.3, -0.25) is 4.79 Å². The van der Waals surface area contributed by atoms with Gasteiger partial charge >= 0.3 is 0 Å². The van der Waals surface area contributed by atoms with E-state index in [1.807, 2.05) is 30.3 Å². The molecule has 7 nitrogen and oxygen atoms in total. The second-order valence-corrected chi connectivity index (χ2v) is 11.0. The predicted molar refractivity (Wildman–Crippen MR) is 130 cm³/mol. The lowest BCUT2D eigenvalue weighted by atomic mass is 9.94. The average molecular weight is 483 g/mol. The maximum atomic E-state index is 13.2. The highest BCUT2D eigenvalue weighted by Gasteiger charge is 2.32. The van der Waals surface area contributed by atoms with Crippen molar-refractivity contribution in [2.75, 3.05) is 18.4 Å². The Morgan fingerprint density at radius 2 is 1.79 bits per heavy atom. The smallest absolute Gasteiger partial charge is 0.255 e. The molecular formula is C26H30N2O5S. The first kappa shape index (κ1) is 24.2. The number of hydrogen-bond donors (Lipinski definition) is 1. The zero-order chi connectivity index (χ0) is 24.1. The van der Waals surface area contributed by atoms with Crippen molar-refractivity contribution >= 4 is 21.6 Å². The van der Waals surface area contributed by atoms with Crippen LogP contribution in [0.15, 0.2) is 76.2 Å². The number of sulfonamides is 1. The van der Waals surface area contributed by atoms with Gasteiger partial charge in [0.05, 0.1) is 17.8 Å². The van der Waals surface area contributed by atoms with Crippen molar-refractivity contribution in [2.45, 2.75) is 38.4 Å². The highest BCUT2D eigenvalue weighted by atomic mass is 32.2. The number of benzene rings is 2. The van der Waals surface area contributed by atoms with Gasteiger partial charge in [-0.15, -0.1) is 0 Å². The van der Waals surface area contributed by atoms with E-state index in [0.29, 0.717) is 49.4 Å². The van der Waals surface area contributed by atoms with E-state index in [-0.39, 0.29) is 10.8 Å². The van der Waals surface area contributed by atoms with E-state index in [2.05, 4.69) is 19.2 Å². The van der Waals surface area contributed by atoms with Crippen LogP contribution in [0.1, 0.15) is 41.9 Å². The quantitative estimate of drug-likeness (QED) is 0.493. The minimum Gasteiger partial charge on any atom is -0.467 e. The molecule has 1 aromatic heterocycles. The van der Waals surface area contributed by atoms with E-state index in [1.165, 1.54) is 10.4 Å². The van der Waals surface area contributed by atoms with Crippen LogP contribution >= 0.6 is 0 Å². The Morgan fingerprint density at radius 1 is 1.03 bits per heavy atom. The summed E-state index contributed by atoms with van der Waals surface area (Å²) in [6.07, 6.45) is 2.62. The third-order valence-corrected chi connectivity index (χ3v) is 7.67. The summed E-state index contributed by atoms with van der Waals surface area (Å²) in [5.41, 5.74) is 1.80. The first-order valence-electron chi connectivity index (χ1n) is 11.4. The highest BCUT2D eigenvalue weighted by molar-refractivity contribution is 7.89. The van der Waals surface area contributed by atoms with Gasteiger partial charge in [0, 0.05) is 24.3 Å². The molecular weight excluding hydrogens is 452 g/mol. The van der Waals surface area contributed by atoms with Crippen LogP contribution in [-0.2, 0) is 28.0 Å². The number of piperidine rings is 1. The van der Waals surface area contributed by atoms with E-state index >= 15 is 0 Å². The van der Waals surface area contributed by atoms with Gasteiger partial charge in [0.1, 0.15) is 12.4 Å². The largest absolute Gasteiger partial charge is 0.467 e. The minimum atomic E-state index is -3.66. The number of amides is 1. The zero-order valence-corrected chi connectivity index (χ0v) is 20.3. The van der Waals surface area contributed by atoms with E-state index < -0.39 is 10.0 Å². The maximum Gasteiger partial charge on any atom is 0.255 e. The molecule has 3 aromatic rings. The number of furan rings is 1. The predicted octanol–water partition coefficient (Wildman–Crippen LogP) is 4.92. The molecule has 0 spiro atoms. The molecule has 1 aliphatic rings. The van der Waals surface area contributed by atoms with Crippen molar-refractivity contribution in [3.8, 4) is 0 Å². The summed E-state index contributed by atoms with van der Waals surface area (Å²) in [5, 5.41) is 2.85. The van der Waals surface area contributed by atoms with Crippen molar-refractivity contribution in [2.24, 2.45) is 11.8 Å². The summed E-state index contributed by atoms with van der Waals surface area (Å²) in [7, 11) is -3.66. The first-order valence-corrected chi connectivity index (χ1v) is 12.9. The highest BCUT2D eigenvalue weighted by Crippen LogP contribution is 2.27. The third-order valence-electron chi connectivity index (χ3n) is 5.85.